The van der Waals surface area contributed by atoms with Gasteiger partial charge in [-0.2, -0.15) is 5.10 Å². The van der Waals surface area contributed by atoms with Gasteiger partial charge in [0.25, 0.3) is 0 Å². The van der Waals surface area contributed by atoms with Crippen molar-refractivity contribution in [2.24, 2.45) is 0 Å². The molecular formula is C14H15N5O. The van der Waals surface area contributed by atoms with Crippen molar-refractivity contribution in [3.63, 3.8) is 0 Å². The van der Waals surface area contributed by atoms with E-state index in [0.29, 0.717) is 11.6 Å². The summed E-state index contributed by atoms with van der Waals surface area (Å²) in [5.41, 5.74) is 4.07. The van der Waals surface area contributed by atoms with Crippen molar-refractivity contribution in [2.75, 3.05) is 5.32 Å². The Morgan fingerprint density at radius 3 is 2.55 bits per heavy atom. The lowest BCUT2D eigenvalue weighted by atomic mass is 10.2. The van der Waals surface area contributed by atoms with Crippen molar-refractivity contribution in [1.29, 1.82) is 0 Å². The fraction of sp³-hybridized carbons (Fsp3) is 0.214. The number of benzene rings is 1. The first-order valence-electron chi connectivity index (χ1n) is 6.34. The molecule has 0 fully saturated rings. The lowest BCUT2D eigenvalue weighted by Gasteiger charge is -2.10. The van der Waals surface area contributed by atoms with E-state index < -0.39 is 0 Å². The van der Waals surface area contributed by atoms with Gasteiger partial charge in [-0.25, -0.2) is 19.3 Å². The average Bonchev–Trinajstić information content (AvgIpc) is 2.81. The molecule has 6 nitrogen and oxygen atoms in total. The maximum Gasteiger partial charge on any atom is 0.350 e. The molecule has 0 unspecified atom stereocenters. The number of hydrogen-bond donors (Lipinski definition) is 2. The van der Waals surface area contributed by atoms with Crippen LogP contribution in [-0.4, -0.2) is 19.6 Å². The molecule has 3 rings (SSSR count). The van der Waals surface area contributed by atoms with E-state index in [9.17, 15) is 4.79 Å². The number of fused-ring (bicyclic) bond motifs is 1. The van der Waals surface area contributed by atoms with Crippen molar-refractivity contribution >= 4 is 17.3 Å². The third-order valence-electron chi connectivity index (χ3n) is 3.34. The van der Waals surface area contributed by atoms with Gasteiger partial charge in [-0.05, 0) is 32.9 Å². The minimum atomic E-state index is -0.301. The summed E-state index contributed by atoms with van der Waals surface area (Å²) in [4.78, 5) is 16.3. The average molecular weight is 269 g/mol. The Labute approximate surface area is 115 Å². The number of rotatable bonds is 2. The van der Waals surface area contributed by atoms with Crippen LogP contribution < -0.4 is 11.0 Å². The van der Waals surface area contributed by atoms with E-state index in [1.165, 1.54) is 9.96 Å². The highest BCUT2D eigenvalue weighted by Crippen LogP contribution is 2.18. The van der Waals surface area contributed by atoms with Crippen molar-refractivity contribution in [2.45, 2.75) is 20.8 Å². The molecule has 0 bridgehead atoms. The summed E-state index contributed by atoms with van der Waals surface area (Å²) in [5.74, 6) is 0.464. The quantitative estimate of drug-likeness (QED) is 0.747. The monoisotopic (exact) mass is 269 g/mol. The van der Waals surface area contributed by atoms with Gasteiger partial charge < -0.3 is 5.32 Å². The molecule has 3 aromatic rings. The van der Waals surface area contributed by atoms with E-state index in [-0.39, 0.29) is 5.69 Å². The summed E-state index contributed by atoms with van der Waals surface area (Å²) in [6, 6.07) is 7.89. The topological polar surface area (TPSA) is 75.1 Å². The van der Waals surface area contributed by atoms with Crippen molar-refractivity contribution in [1.82, 2.24) is 19.6 Å². The van der Waals surface area contributed by atoms with Crippen molar-refractivity contribution in [3.05, 3.63) is 51.6 Å². The molecule has 2 N–H and O–H groups in total. The summed E-state index contributed by atoms with van der Waals surface area (Å²) in [5, 5.41) is 9.66. The van der Waals surface area contributed by atoms with Crippen LogP contribution >= 0.6 is 0 Å². The number of nitrogens with one attached hydrogen (secondary N) is 2. The maximum absolute atomic E-state index is 11.9. The van der Waals surface area contributed by atoms with Crippen LogP contribution in [0.15, 0.2) is 29.1 Å². The van der Waals surface area contributed by atoms with Gasteiger partial charge in [-0.15, -0.1) is 0 Å². The van der Waals surface area contributed by atoms with Gasteiger partial charge in [-0.1, -0.05) is 17.7 Å². The third kappa shape index (κ3) is 1.95. The summed E-state index contributed by atoms with van der Waals surface area (Å²) < 4.78 is 1.45. The van der Waals surface area contributed by atoms with Crippen LogP contribution in [0.1, 0.15) is 16.8 Å². The number of nitrogens with zero attached hydrogens (tertiary/aromatic N) is 3. The Morgan fingerprint density at radius 1 is 1.15 bits per heavy atom. The van der Waals surface area contributed by atoms with E-state index in [0.717, 1.165) is 16.9 Å². The number of H-pyrrole nitrogens is 1. The first kappa shape index (κ1) is 12.4. The highest BCUT2D eigenvalue weighted by atomic mass is 16.1. The van der Waals surface area contributed by atoms with Crippen molar-refractivity contribution in [3.8, 4) is 0 Å². The van der Waals surface area contributed by atoms with Crippen LogP contribution in [0.3, 0.4) is 0 Å². The highest BCUT2D eigenvalue weighted by Gasteiger charge is 2.12. The van der Waals surface area contributed by atoms with E-state index in [1.807, 2.05) is 45.0 Å². The van der Waals surface area contributed by atoms with E-state index in [2.05, 4.69) is 20.5 Å². The van der Waals surface area contributed by atoms with E-state index in [4.69, 9.17) is 0 Å². The number of aromatic nitrogens is 4. The predicted molar refractivity (Wildman–Crippen MR) is 77.5 cm³/mol. The fourth-order valence-corrected chi connectivity index (χ4v) is 2.05. The summed E-state index contributed by atoms with van der Waals surface area (Å²) in [6.45, 7) is 5.82. The number of hydrogen-bond acceptors (Lipinski definition) is 4. The van der Waals surface area contributed by atoms with Crippen LogP contribution in [-0.2, 0) is 0 Å². The number of anilines is 2. The van der Waals surface area contributed by atoms with E-state index >= 15 is 0 Å². The van der Waals surface area contributed by atoms with Gasteiger partial charge in [-0.3, -0.25) is 0 Å². The molecule has 2 aromatic heterocycles. The van der Waals surface area contributed by atoms with Crippen LogP contribution in [0.2, 0.25) is 0 Å². The molecule has 0 saturated heterocycles. The molecule has 0 atom stereocenters. The van der Waals surface area contributed by atoms with E-state index in [1.54, 1.807) is 0 Å². The number of aryl methyl sites for hydroxylation is 3. The standard InChI is InChI=1S/C14H15N5O/c1-8-4-6-11(7-5-8)16-13-15-10(3)9(2)12-17-18-14(20)19(12)13/h4-7H,1-3H3,(H,15,16)(H,18,20). The predicted octanol–water partition coefficient (Wildman–Crippen LogP) is 2.09. The second kappa shape index (κ2) is 4.48. The Balaban J connectivity index is 2.16. The lowest BCUT2D eigenvalue weighted by Crippen LogP contribution is -2.15. The van der Waals surface area contributed by atoms with Crippen LogP contribution in [0, 0.1) is 20.8 Å². The molecule has 6 heteroatoms. The zero-order valence-corrected chi connectivity index (χ0v) is 11.6. The fourth-order valence-electron chi connectivity index (χ4n) is 2.05. The molecule has 2 heterocycles. The highest BCUT2D eigenvalue weighted by molar-refractivity contribution is 5.59. The van der Waals surface area contributed by atoms with Gasteiger partial charge in [0.05, 0.1) is 0 Å². The van der Waals surface area contributed by atoms with Gasteiger partial charge in [0.15, 0.2) is 5.65 Å². The molecule has 1 aromatic carbocycles. The van der Waals surface area contributed by atoms with Crippen LogP contribution in [0.5, 0.6) is 0 Å². The normalized spacial score (nSPS) is 10.9. The zero-order valence-electron chi connectivity index (χ0n) is 11.6. The zero-order chi connectivity index (χ0) is 14.3. The second-order valence-corrected chi connectivity index (χ2v) is 4.82. The molecule has 0 amide bonds. The Hall–Kier alpha value is -2.63. The van der Waals surface area contributed by atoms with Gasteiger partial charge in [0, 0.05) is 16.9 Å². The first-order chi connectivity index (χ1) is 9.56. The molecule has 20 heavy (non-hydrogen) atoms. The first-order valence-corrected chi connectivity index (χ1v) is 6.34. The summed E-state index contributed by atoms with van der Waals surface area (Å²) in [7, 11) is 0. The second-order valence-electron chi connectivity index (χ2n) is 4.82. The molecular weight excluding hydrogens is 254 g/mol. The molecule has 0 aliphatic carbocycles. The smallest absolute Gasteiger partial charge is 0.325 e. The molecule has 0 saturated carbocycles. The minimum absolute atomic E-state index is 0.301. The Kier molecular flexibility index (Phi) is 2.78. The third-order valence-corrected chi connectivity index (χ3v) is 3.34. The Bertz CT molecular complexity index is 829. The molecule has 0 aliphatic rings. The summed E-state index contributed by atoms with van der Waals surface area (Å²) in [6.07, 6.45) is 0. The summed E-state index contributed by atoms with van der Waals surface area (Å²) >= 11 is 0. The van der Waals surface area contributed by atoms with Gasteiger partial charge >= 0.3 is 5.69 Å². The van der Waals surface area contributed by atoms with Crippen molar-refractivity contribution < 1.29 is 0 Å². The molecule has 0 spiro atoms. The Morgan fingerprint density at radius 2 is 1.85 bits per heavy atom. The van der Waals surface area contributed by atoms with Crippen LogP contribution in [0.25, 0.3) is 5.65 Å². The number of aromatic amines is 1. The minimum Gasteiger partial charge on any atom is -0.325 e. The lowest BCUT2D eigenvalue weighted by molar-refractivity contribution is 0.984. The van der Waals surface area contributed by atoms with Crippen LogP contribution in [0.4, 0.5) is 11.6 Å². The maximum atomic E-state index is 11.9. The SMILES string of the molecule is Cc1ccc(Nc2nc(C)c(C)c3n[nH]c(=O)n23)cc1. The molecule has 0 radical (unpaired) electrons. The molecule has 0 aliphatic heterocycles. The van der Waals surface area contributed by atoms with Gasteiger partial charge in [0.2, 0.25) is 5.95 Å². The largest absolute Gasteiger partial charge is 0.350 e. The van der Waals surface area contributed by atoms with Gasteiger partial charge in [0.1, 0.15) is 0 Å². The molecule has 102 valence electrons.